The van der Waals surface area contributed by atoms with Crippen LogP contribution in [0.25, 0.3) is 0 Å². The minimum atomic E-state index is -0.243. The van der Waals surface area contributed by atoms with Crippen molar-refractivity contribution in [3.8, 4) is 11.5 Å². The van der Waals surface area contributed by atoms with Gasteiger partial charge in [-0.05, 0) is 23.8 Å². The van der Waals surface area contributed by atoms with Gasteiger partial charge in [-0.2, -0.15) is 0 Å². The Morgan fingerprint density at radius 1 is 1.10 bits per heavy atom. The molecule has 1 N–H and O–H groups in total. The summed E-state index contributed by atoms with van der Waals surface area (Å²) >= 11 is 3.36. The van der Waals surface area contributed by atoms with E-state index in [2.05, 4.69) is 21.2 Å². The maximum atomic E-state index is 13.0. The van der Waals surface area contributed by atoms with Crippen molar-refractivity contribution in [1.82, 2.24) is 5.32 Å². The Morgan fingerprint density at radius 2 is 1.95 bits per heavy atom. The molecule has 0 saturated carbocycles. The zero-order valence-electron chi connectivity index (χ0n) is 10.7. The SMILES string of the molecule is Fc1ccc(CNCc2cccc3c2OCO3)c(Br)c1. The summed E-state index contributed by atoms with van der Waals surface area (Å²) in [5.74, 6) is 1.34. The maximum Gasteiger partial charge on any atom is 0.231 e. The van der Waals surface area contributed by atoms with Crippen LogP contribution in [0.2, 0.25) is 0 Å². The van der Waals surface area contributed by atoms with Gasteiger partial charge in [0.05, 0.1) is 0 Å². The molecule has 1 aliphatic heterocycles. The Bertz CT molecular complexity index is 633. The van der Waals surface area contributed by atoms with Gasteiger partial charge in [-0.1, -0.05) is 34.1 Å². The smallest absolute Gasteiger partial charge is 0.231 e. The molecule has 0 aromatic heterocycles. The topological polar surface area (TPSA) is 30.5 Å². The molecule has 0 spiro atoms. The van der Waals surface area contributed by atoms with Crippen molar-refractivity contribution in [1.29, 1.82) is 0 Å². The number of nitrogens with one attached hydrogen (secondary N) is 1. The highest BCUT2D eigenvalue weighted by atomic mass is 79.9. The number of benzene rings is 2. The number of fused-ring (bicyclic) bond motifs is 1. The third-order valence-corrected chi connectivity index (χ3v) is 3.86. The van der Waals surface area contributed by atoms with Crippen LogP contribution in [0, 0.1) is 5.82 Å². The molecular formula is C15H13BrFNO2. The highest BCUT2D eigenvalue weighted by molar-refractivity contribution is 9.10. The van der Waals surface area contributed by atoms with E-state index in [0.717, 1.165) is 27.1 Å². The lowest BCUT2D eigenvalue weighted by molar-refractivity contribution is 0.173. The average molecular weight is 338 g/mol. The molecule has 0 fully saturated rings. The molecule has 0 atom stereocenters. The Kier molecular flexibility index (Phi) is 3.89. The summed E-state index contributed by atoms with van der Waals surface area (Å²) in [4.78, 5) is 0. The van der Waals surface area contributed by atoms with Gasteiger partial charge in [0, 0.05) is 23.1 Å². The van der Waals surface area contributed by atoms with E-state index >= 15 is 0 Å². The number of rotatable bonds is 4. The molecule has 5 heteroatoms. The molecule has 1 heterocycles. The van der Waals surface area contributed by atoms with Crippen LogP contribution in [0.3, 0.4) is 0 Å². The normalized spacial score (nSPS) is 12.7. The summed E-state index contributed by atoms with van der Waals surface area (Å²) in [6, 6.07) is 10.5. The molecule has 0 aliphatic carbocycles. The van der Waals surface area contributed by atoms with E-state index in [9.17, 15) is 4.39 Å². The molecule has 3 nitrogen and oxygen atoms in total. The zero-order chi connectivity index (χ0) is 13.9. The number of ether oxygens (including phenoxy) is 2. The average Bonchev–Trinajstić information content (AvgIpc) is 2.90. The number of para-hydroxylation sites is 1. The Balaban J connectivity index is 1.64. The zero-order valence-corrected chi connectivity index (χ0v) is 12.2. The second-order valence-electron chi connectivity index (χ2n) is 4.49. The fourth-order valence-corrected chi connectivity index (χ4v) is 2.62. The Hall–Kier alpha value is -1.59. The number of hydrogen-bond acceptors (Lipinski definition) is 3. The van der Waals surface area contributed by atoms with Crippen molar-refractivity contribution < 1.29 is 13.9 Å². The van der Waals surface area contributed by atoms with E-state index in [1.165, 1.54) is 12.1 Å². The van der Waals surface area contributed by atoms with Crippen LogP contribution in [0.15, 0.2) is 40.9 Å². The van der Waals surface area contributed by atoms with Crippen LogP contribution >= 0.6 is 15.9 Å². The molecular weight excluding hydrogens is 325 g/mol. The van der Waals surface area contributed by atoms with Gasteiger partial charge in [0.2, 0.25) is 6.79 Å². The van der Waals surface area contributed by atoms with Gasteiger partial charge < -0.3 is 14.8 Å². The monoisotopic (exact) mass is 337 g/mol. The second-order valence-corrected chi connectivity index (χ2v) is 5.34. The fourth-order valence-electron chi connectivity index (χ4n) is 2.13. The van der Waals surface area contributed by atoms with Crippen molar-refractivity contribution in [3.05, 3.63) is 57.8 Å². The van der Waals surface area contributed by atoms with Crippen molar-refractivity contribution in [2.45, 2.75) is 13.1 Å². The summed E-state index contributed by atoms with van der Waals surface area (Å²) in [6.45, 7) is 1.58. The molecule has 104 valence electrons. The van der Waals surface area contributed by atoms with Gasteiger partial charge in [0.15, 0.2) is 11.5 Å². The van der Waals surface area contributed by atoms with Gasteiger partial charge in [-0.25, -0.2) is 4.39 Å². The molecule has 0 saturated heterocycles. The van der Waals surface area contributed by atoms with E-state index in [4.69, 9.17) is 9.47 Å². The molecule has 20 heavy (non-hydrogen) atoms. The van der Waals surface area contributed by atoms with Crippen molar-refractivity contribution in [3.63, 3.8) is 0 Å². The lowest BCUT2D eigenvalue weighted by Crippen LogP contribution is -2.13. The molecule has 2 aromatic carbocycles. The van der Waals surface area contributed by atoms with Crippen molar-refractivity contribution in [2.24, 2.45) is 0 Å². The first kappa shape index (κ1) is 13.4. The molecule has 0 amide bonds. The lowest BCUT2D eigenvalue weighted by Gasteiger charge is -2.09. The highest BCUT2D eigenvalue weighted by Gasteiger charge is 2.16. The van der Waals surface area contributed by atoms with Gasteiger partial charge in [0.1, 0.15) is 5.82 Å². The highest BCUT2D eigenvalue weighted by Crippen LogP contribution is 2.35. The summed E-state index contributed by atoms with van der Waals surface area (Å²) in [7, 11) is 0. The predicted molar refractivity (Wildman–Crippen MR) is 77.2 cm³/mol. The molecule has 1 aliphatic rings. The van der Waals surface area contributed by atoms with Crippen molar-refractivity contribution in [2.75, 3.05) is 6.79 Å². The molecule has 0 bridgehead atoms. The van der Waals surface area contributed by atoms with E-state index in [0.29, 0.717) is 13.1 Å². The minimum Gasteiger partial charge on any atom is -0.454 e. The lowest BCUT2D eigenvalue weighted by atomic mass is 10.1. The predicted octanol–water partition coefficient (Wildman–Crippen LogP) is 3.61. The summed E-state index contributed by atoms with van der Waals surface area (Å²) in [5.41, 5.74) is 2.06. The molecule has 0 radical (unpaired) electrons. The van der Waals surface area contributed by atoms with Gasteiger partial charge in [0.25, 0.3) is 0 Å². The largest absolute Gasteiger partial charge is 0.454 e. The van der Waals surface area contributed by atoms with E-state index in [1.807, 2.05) is 18.2 Å². The van der Waals surface area contributed by atoms with E-state index < -0.39 is 0 Å². The first-order chi connectivity index (χ1) is 9.74. The Labute approximate surface area is 124 Å². The van der Waals surface area contributed by atoms with Crippen LogP contribution in [0.4, 0.5) is 4.39 Å². The standard InChI is InChI=1S/C15H13BrFNO2/c16-13-6-12(17)5-4-10(13)7-18-8-11-2-1-3-14-15(11)20-9-19-14/h1-6,18H,7-9H2. The fraction of sp³-hybridized carbons (Fsp3) is 0.200. The third kappa shape index (κ3) is 2.78. The second kappa shape index (κ2) is 5.81. The molecule has 2 aromatic rings. The molecule has 0 unspecified atom stereocenters. The summed E-state index contributed by atoms with van der Waals surface area (Å²) in [5, 5.41) is 3.32. The number of hydrogen-bond donors (Lipinski definition) is 1. The quantitative estimate of drug-likeness (QED) is 0.924. The minimum absolute atomic E-state index is 0.243. The van der Waals surface area contributed by atoms with Crippen LogP contribution in [-0.4, -0.2) is 6.79 Å². The molecule has 3 rings (SSSR count). The Morgan fingerprint density at radius 3 is 2.80 bits per heavy atom. The van der Waals surface area contributed by atoms with E-state index in [1.54, 1.807) is 6.07 Å². The number of halogens is 2. The van der Waals surface area contributed by atoms with Crippen molar-refractivity contribution >= 4 is 15.9 Å². The van der Waals surface area contributed by atoms with Crippen LogP contribution in [0.1, 0.15) is 11.1 Å². The first-order valence-corrected chi connectivity index (χ1v) is 7.05. The third-order valence-electron chi connectivity index (χ3n) is 3.12. The van der Waals surface area contributed by atoms with E-state index in [-0.39, 0.29) is 12.6 Å². The van der Waals surface area contributed by atoms with Gasteiger partial charge >= 0.3 is 0 Å². The summed E-state index contributed by atoms with van der Waals surface area (Å²) < 4.78 is 24.6. The summed E-state index contributed by atoms with van der Waals surface area (Å²) in [6.07, 6.45) is 0. The van der Waals surface area contributed by atoms with Crippen LogP contribution in [0.5, 0.6) is 11.5 Å². The maximum absolute atomic E-state index is 13.0. The van der Waals surface area contributed by atoms with Gasteiger partial charge in [-0.15, -0.1) is 0 Å². The van der Waals surface area contributed by atoms with Crippen LogP contribution < -0.4 is 14.8 Å². The first-order valence-electron chi connectivity index (χ1n) is 6.26. The van der Waals surface area contributed by atoms with Crippen LogP contribution in [-0.2, 0) is 13.1 Å². The van der Waals surface area contributed by atoms with Gasteiger partial charge in [-0.3, -0.25) is 0 Å².